The van der Waals surface area contributed by atoms with Crippen LogP contribution in [0, 0.1) is 28.6 Å². The number of cyclic esters (lactones) is 1. The van der Waals surface area contributed by atoms with Crippen molar-refractivity contribution in [2.45, 2.75) is 98.0 Å². The first-order valence-electron chi connectivity index (χ1n) is 21.2. The molecule has 4 atom stereocenters. The van der Waals surface area contributed by atoms with Gasteiger partial charge < -0.3 is 29.2 Å². The number of nitrogens with one attached hydrogen (secondary N) is 2. The zero-order valence-electron chi connectivity index (χ0n) is 36.4. The van der Waals surface area contributed by atoms with Crippen molar-refractivity contribution in [1.29, 1.82) is 5.26 Å². The molecule has 324 valence electrons. The van der Waals surface area contributed by atoms with Gasteiger partial charge in [0, 0.05) is 85.8 Å². The number of amides is 4. The smallest absolute Gasteiger partial charge is 0.324 e. The molecule has 61 heavy (non-hydrogen) atoms. The minimum atomic E-state index is -1.07. The lowest BCUT2D eigenvalue weighted by molar-refractivity contribution is -0.155. The van der Waals surface area contributed by atoms with E-state index in [-0.39, 0.29) is 37.0 Å². The predicted octanol–water partition coefficient (Wildman–Crippen LogP) is 5.73. The van der Waals surface area contributed by atoms with E-state index in [1.54, 1.807) is 25.3 Å². The number of fused-ring (bicyclic) bond motifs is 6. The van der Waals surface area contributed by atoms with Crippen LogP contribution in [0.5, 0.6) is 0 Å². The molecule has 3 aromatic heterocycles. The van der Waals surface area contributed by atoms with Crippen molar-refractivity contribution in [2.75, 3.05) is 40.4 Å². The van der Waals surface area contributed by atoms with E-state index in [0.717, 1.165) is 44.7 Å². The lowest BCUT2D eigenvalue weighted by Crippen LogP contribution is -2.63. The third-order valence-corrected chi connectivity index (χ3v) is 13.0. The second-order valence-corrected chi connectivity index (χ2v) is 18.5. The molecule has 6 heterocycles. The van der Waals surface area contributed by atoms with Gasteiger partial charge in [-0.2, -0.15) is 5.26 Å². The van der Waals surface area contributed by atoms with Crippen molar-refractivity contribution in [3.8, 4) is 28.6 Å². The molecule has 2 fully saturated rings. The van der Waals surface area contributed by atoms with Gasteiger partial charge in [0.25, 0.3) is 5.91 Å². The van der Waals surface area contributed by atoms with Gasteiger partial charge in [-0.1, -0.05) is 33.8 Å². The molecule has 16 heteroatoms. The van der Waals surface area contributed by atoms with Gasteiger partial charge in [0.1, 0.15) is 18.1 Å². The van der Waals surface area contributed by atoms with Crippen LogP contribution in [-0.2, 0) is 43.2 Å². The fourth-order valence-corrected chi connectivity index (χ4v) is 9.66. The van der Waals surface area contributed by atoms with E-state index in [9.17, 15) is 24.4 Å². The number of aryl methyl sites for hydroxylation is 1. The number of nitriles is 1. The largest absolute Gasteiger partial charge is 0.464 e. The predicted molar refractivity (Wildman–Crippen MR) is 232 cm³/mol. The van der Waals surface area contributed by atoms with Crippen LogP contribution in [0.15, 0.2) is 41.9 Å². The number of hydrogen-bond donors (Lipinski definition) is 2. The number of benzene rings is 1. The first-order chi connectivity index (χ1) is 29.1. The highest BCUT2D eigenvalue weighted by atomic mass is 32.1. The average Bonchev–Trinajstić information content (AvgIpc) is 3.82. The second kappa shape index (κ2) is 17.9. The Balaban J connectivity index is 1.29. The van der Waals surface area contributed by atoms with E-state index >= 15 is 0 Å². The number of aromatic nitrogens is 3. The van der Waals surface area contributed by atoms with Crippen LogP contribution in [0.1, 0.15) is 76.8 Å². The molecule has 3 aliphatic rings. The van der Waals surface area contributed by atoms with Crippen molar-refractivity contribution in [3.05, 3.63) is 58.2 Å². The molecule has 0 saturated carbocycles. The number of hydrazine groups is 1. The normalized spacial score (nSPS) is 20.7. The number of hydrogen-bond acceptors (Lipinski definition) is 11. The molecule has 0 aliphatic carbocycles. The number of likely N-dealkylation sites (tertiary alicyclic amines) is 1. The second-order valence-electron chi connectivity index (χ2n) is 17.6. The number of likely N-dealkylation sites (N-methyl/N-ethyl adjacent to an activating group) is 1. The highest BCUT2D eigenvalue weighted by Crippen LogP contribution is 2.42. The van der Waals surface area contributed by atoms with Crippen LogP contribution in [0.3, 0.4) is 0 Å². The molecule has 1 aromatic carbocycles. The third-order valence-electron chi connectivity index (χ3n) is 12.1. The summed E-state index contributed by atoms with van der Waals surface area (Å²) in [5.41, 5.74) is 9.27. The number of thiazole rings is 1. The minimum Gasteiger partial charge on any atom is -0.464 e. The Morgan fingerprint density at radius 2 is 1.97 bits per heavy atom. The summed E-state index contributed by atoms with van der Waals surface area (Å²) in [7, 11) is 3.26. The van der Waals surface area contributed by atoms with Gasteiger partial charge in [-0.3, -0.25) is 24.4 Å². The van der Waals surface area contributed by atoms with Gasteiger partial charge in [0.05, 0.1) is 46.8 Å². The number of rotatable bonds is 8. The fraction of sp³-hybridized carbons (Fsp3) is 0.533. The fourth-order valence-electron chi connectivity index (χ4n) is 8.81. The number of pyridine rings is 1. The first-order valence-corrected chi connectivity index (χ1v) is 22.1. The van der Waals surface area contributed by atoms with E-state index in [2.05, 4.69) is 66.4 Å². The summed E-state index contributed by atoms with van der Waals surface area (Å²) >= 11 is 1.41. The Morgan fingerprint density at radius 1 is 1.20 bits per heavy atom. The van der Waals surface area contributed by atoms with Crippen LogP contribution < -0.4 is 10.7 Å². The Hall–Kier alpha value is -5.37. The first kappa shape index (κ1) is 43.7. The molecule has 3 aliphatic heterocycles. The van der Waals surface area contributed by atoms with Crippen molar-refractivity contribution in [2.24, 2.45) is 17.3 Å². The van der Waals surface area contributed by atoms with Gasteiger partial charge in [0.2, 0.25) is 5.91 Å². The maximum atomic E-state index is 14.5. The maximum absolute atomic E-state index is 14.5. The van der Waals surface area contributed by atoms with E-state index in [4.69, 9.17) is 19.4 Å². The molecular weight excluding hydrogens is 795 g/mol. The van der Waals surface area contributed by atoms with E-state index in [0.29, 0.717) is 50.4 Å². The summed E-state index contributed by atoms with van der Waals surface area (Å²) in [4.78, 5) is 68.7. The number of carbonyl (C=O) groups is 4. The summed E-state index contributed by atoms with van der Waals surface area (Å²) in [5.74, 6) is -1.89. The van der Waals surface area contributed by atoms with Gasteiger partial charge in [-0.15, -0.1) is 11.3 Å². The maximum Gasteiger partial charge on any atom is 0.324 e. The molecule has 0 radical (unpaired) electrons. The van der Waals surface area contributed by atoms with Crippen molar-refractivity contribution in [1.82, 2.24) is 40.1 Å². The van der Waals surface area contributed by atoms with Crippen LogP contribution in [-0.4, -0.2) is 112 Å². The number of methoxy groups -OCH3 is 1. The lowest BCUT2D eigenvalue weighted by Gasteiger charge is -2.41. The molecular formula is C45H57N9O6S. The average molecular weight is 852 g/mol. The number of esters is 1. The van der Waals surface area contributed by atoms with Gasteiger partial charge >= 0.3 is 12.0 Å². The lowest BCUT2D eigenvalue weighted by atomic mass is 9.84. The zero-order chi connectivity index (χ0) is 43.7. The zero-order valence-corrected chi connectivity index (χ0v) is 37.2. The molecule has 4 amide bonds. The van der Waals surface area contributed by atoms with E-state index in [1.807, 2.05) is 32.2 Å². The summed E-state index contributed by atoms with van der Waals surface area (Å²) in [6.45, 7) is 13.8. The molecule has 2 N–H and O–H groups in total. The summed E-state index contributed by atoms with van der Waals surface area (Å²) in [6.07, 6.45) is 3.22. The van der Waals surface area contributed by atoms with Crippen LogP contribution in [0.25, 0.3) is 33.4 Å². The Morgan fingerprint density at radius 3 is 2.67 bits per heavy atom. The molecule has 7 rings (SSSR count). The Labute approximate surface area is 361 Å². The molecule has 2 saturated heterocycles. The highest BCUT2D eigenvalue weighted by Gasteiger charge is 2.40. The SMILES string of the molecule is CCn1c(-c2cccnc2[C@H](C)OC)c2c3cc(ccc31)-c1csc(n1)C[C@H](NC(=O)C(C(C)C)N(C)C(=O)N1CC(C#N)C1)C(=O)N1CCC[C@H](N1)C(=O)OCC(C)(C)C2. The van der Waals surface area contributed by atoms with Crippen LogP contribution >= 0.6 is 11.3 Å². The highest BCUT2D eigenvalue weighted by molar-refractivity contribution is 7.10. The molecule has 15 nitrogen and oxygen atoms in total. The van der Waals surface area contributed by atoms with Gasteiger partial charge in [0.15, 0.2) is 0 Å². The third kappa shape index (κ3) is 8.87. The minimum absolute atomic E-state index is 0.0838. The number of ether oxygens (including phenoxy) is 2. The van der Waals surface area contributed by atoms with Crippen molar-refractivity contribution in [3.63, 3.8) is 0 Å². The van der Waals surface area contributed by atoms with Crippen LogP contribution in [0.4, 0.5) is 4.79 Å². The van der Waals surface area contributed by atoms with Crippen molar-refractivity contribution < 1.29 is 28.7 Å². The topological polar surface area (TPSA) is 175 Å². The van der Waals surface area contributed by atoms with Crippen LogP contribution in [0.2, 0.25) is 0 Å². The van der Waals surface area contributed by atoms with E-state index < -0.39 is 41.3 Å². The molecule has 6 bridgehead atoms. The van der Waals surface area contributed by atoms with E-state index in [1.165, 1.54) is 21.2 Å². The van der Waals surface area contributed by atoms with Gasteiger partial charge in [-0.25, -0.2) is 15.2 Å². The number of carbonyl (C=O) groups excluding carboxylic acids is 4. The summed E-state index contributed by atoms with van der Waals surface area (Å²) in [5, 5.41) is 17.3. The summed E-state index contributed by atoms with van der Waals surface area (Å²) < 4.78 is 14.2. The Kier molecular flexibility index (Phi) is 12.8. The summed E-state index contributed by atoms with van der Waals surface area (Å²) in [6, 6.07) is 9.48. The number of urea groups is 1. The quantitative estimate of drug-likeness (QED) is 0.208. The molecule has 1 unspecified atom stereocenters. The van der Waals surface area contributed by atoms with Crippen molar-refractivity contribution >= 4 is 46.1 Å². The molecule has 4 aromatic rings. The molecule has 0 spiro atoms. The number of nitrogens with zero attached hydrogens (tertiary/aromatic N) is 7. The van der Waals surface area contributed by atoms with Gasteiger partial charge in [-0.05, 0) is 68.9 Å². The monoisotopic (exact) mass is 851 g/mol. The standard InChI is InChI=1S/C45H57N9O6S/c1-9-53-36-15-14-29-18-31(36)32(40(53)30-12-10-16-47-38(30)27(4)59-8)20-45(5,6)25-60-43(57)33-13-11-17-54(50-33)42(56)34(19-37-48-35(29)24-61-37)49-41(55)39(26(2)3)51(7)44(58)52-22-28(21-46)23-52/h10,12,14-16,18,24,26-28,33-34,39,50H,9,11,13,17,19-20,22-23,25H2,1-8H3,(H,49,55)/t27-,33-,34-,39?/m0/s1. The Bertz CT molecular complexity index is 2340.